The summed E-state index contributed by atoms with van der Waals surface area (Å²) in [7, 11) is 0. The average Bonchev–Trinajstić information content (AvgIpc) is 2.63. The van der Waals surface area contributed by atoms with Crippen molar-refractivity contribution in [3.8, 4) is 0 Å². The maximum atomic E-state index is 9.95. The van der Waals surface area contributed by atoms with Crippen molar-refractivity contribution in [3.05, 3.63) is 16.4 Å². The lowest BCUT2D eigenvalue weighted by atomic mass is 10.1. The SMILES string of the molecule is CCc1nn(CC)c(CN(CC)CC(C)(C)O)c1Cl. The molecule has 0 aliphatic heterocycles. The summed E-state index contributed by atoms with van der Waals surface area (Å²) in [6.45, 7) is 12.9. The molecular weight excluding hydrogens is 262 g/mol. The molecule has 0 spiro atoms. The number of aromatic nitrogens is 2. The minimum atomic E-state index is -0.701. The molecule has 0 saturated carbocycles. The number of hydrogen-bond donors (Lipinski definition) is 1. The second kappa shape index (κ2) is 6.73. The van der Waals surface area contributed by atoms with Crippen molar-refractivity contribution in [1.29, 1.82) is 0 Å². The number of halogens is 1. The normalized spacial score (nSPS) is 12.4. The van der Waals surface area contributed by atoms with Gasteiger partial charge in [-0.15, -0.1) is 0 Å². The summed E-state index contributed by atoms with van der Waals surface area (Å²) in [4.78, 5) is 2.19. The molecule has 1 rings (SSSR count). The first-order valence-electron chi connectivity index (χ1n) is 7.01. The molecule has 1 aromatic heterocycles. The summed E-state index contributed by atoms with van der Waals surface area (Å²) in [5.74, 6) is 0. The molecule has 0 amide bonds. The molecule has 110 valence electrons. The van der Waals surface area contributed by atoms with Gasteiger partial charge in [0.15, 0.2) is 0 Å². The first kappa shape index (κ1) is 16.5. The van der Waals surface area contributed by atoms with E-state index in [0.717, 1.165) is 42.5 Å². The molecule has 0 aliphatic rings. The zero-order valence-electron chi connectivity index (χ0n) is 12.7. The highest BCUT2D eigenvalue weighted by atomic mass is 35.5. The third-order valence-corrected chi connectivity index (χ3v) is 3.56. The van der Waals surface area contributed by atoms with Crippen LogP contribution in [0.5, 0.6) is 0 Å². The van der Waals surface area contributed by atoms with E-state index in [9.17, 15) is 5.11 Å². The topological polar surface area (TPSA) is 41.3 Å². The summed E-state index contributed by atoms with van der Waals surface area (Å²) in [6.07, 6.45) is 0.844. The maximum absolute atomic E-state index is 9.95. The molecule has 0 atom stereocenters. The number of aryl methyl sites for hydroxylation is 2. The van der Waals surface area contributed by atoms with Gasteiger partial charge >= 0.3 is 0 Å². The number of hydrogen-bond acceptors (Lipinski definition) is 3. The van der Waals surface area contributed by atoms with Crippen LogP contribution < -0.4 is 0 Å². The first-order chi connectivity index (χ1) is 8.82. The highest BCUT2D eigenvalue weighted by Crippen LogP contribution is 2.23. The molecule has 4 nitrogen and oxygen atoms in total. The summed E-state index contributed by atoms with van der Waals surface area (Å²) < 4.78 is 1.97. The molecule has 0 unspecified atom stereocenters. The largest absolute Gasteiger partial charge is 0.389 e. The Labute approximate surface area is 121 Å². The fraction of sp³-hybridized carbons (Fsp3) is 0.786. The van der Waals surface area contributed by atoms with Crippen molar-refractivity contribution >= 4 is 11.6 Å². The van der Waals surface area contributed by atoms with Crippen molar-refractivity contribution in [2.45, 2.75) is 59.7 Å². The summed E-state index contributed by atoms with van der Waals surface area (Å²) in [5, 5.41) is 15.2. The molecule has 0 bridgehead atoms. The molecule has 0 saturated heterocycles. The molecule has 1 N–H and O–H groups in total. The van der Waals surface area contributed by atoms with E-state index in [1.807, 2.05) is 18.5 Å². The Kier molecular flexibility index (Phi) is 5.83. The number of likely N-dealkylation sites (N-methyl/N-ethyl adjacent to an activating group) is 1. The van der Waals surface area contributed by atoms with Gasteiger partial charge in [0.25, 0.3) is 0 Å². The minimum Gasteiger partial charge on any atom is -0.389 e. The monoisotopic (exact) mass is 287 g/mol. The van der Waals surface area contributed by atoms with Crippen LogP contribution in [0, 0.1) is 0 Å². The Balaban J connectivity index is 2.93. The van der Waals surface area contributed by atoms with Crippen LogP contribution in [0.3, 0.4) is 0 Å². The Morgan fingerprint density at radius 2 is 1.95 bits per heavy atom. The molecule has 1 aromatic rings. The average molecular weight is 288 g/mol. The van der Waals surface area contributed by atoms with Crippen LogP contribution in [0.2, 0.25) is 5.02 Å². The molecule has 0 fully saturated rings. The first-order valence-corrected chi connectivity index (χ1v) is 7.38. The molecule has 5 heteroatoms. The van der Waals surface area contributed by atoms with Gasteiger partial charge in [-0.3, -0.25) is 9.58 Å². The van der Waals surface area contributed by atoms with Crippen molar-refractivity contribution < 1.29 is 5.11 Å². The number of rotatable bonds is 7. The van der Waals surface area contributed by atoms with Gasteiger partial charge in [-0.05, 0) is 33.7 Å². The van der Waals surface area contributed by atoms with Gasteiger partial charge in [-0.2, -0.15) is 5.10 Å². The quantitative estimate of drug-likeness (QED) is 0.838. The Morgan fingerprint density at radius 1 is 1.32 bits per heavy atom. The lowest BCUT2D eigenvalue weighted by molar-refractivity contribution is 0.0345. The van der Waals surface area contributed by atoms with Gasteiger partial charge in [-0.1, -0.05) is 25.4 Å². The predicted octanol–water partition coefficient (Wildman–Crippen LogP) is 2.71. The number of nitrogens with zero attached hydrogens (tertiary/aromatic N) is 3. The second-order valence-corrected chi connectivity index (χ2v) is 5.87. The van der Waals surface area contributed by atoms with Gasteiger partial charge < -0.3 is 5.11 Å². The smallest absolute Gasteiger partial charge is 0.0863 e. The Hall–Kier alpha value is -0.580. The highest BCUT2D eigenvalue weighted by Gasteiger charge is 2.21. The molecule has 19 heavy (non-hydrogen) atoms. The highest BCUT2D eigenvalue weighted by molar-refractivity contribution is 6.31. The molecular formula is C14H26ClN3O. The third-order valence-electron chi connectivity index (χ3n) is 3.13. The van der Waals surface area contributed by atoms with E-state index >= 15 is 0 Å². The number of aliphatic hydroxyl groups is 1. The van der Waals surface area contributed by atoms with Gasteiger partial charge in [0.1, 0.15) is 0 Å². The zero-order chi connectivity index (χ0) is 14.6. The fourth-order valence-electron chi connectivity index (χ4n) is 2.21. The van der Waals surface area contributed by atoms with Crippen molar-refractivity contribution in [2.75, 3.05) is 13.1 Å². The predicted molar refractivity (Wildman–Crippen MR) is 79.5 cm³/mol. The van der Waals surface area contributed by atoms with E-state index in [0.29, 0.717) is 6.54 Å². The zero-order valence-corrected chi connectivity index (χ0v) is 13.5. The molecule has 1 heterocycles. The lowest BCUT2D eigenvalue weighted by Gasteiger charge is -2.28. The second-order valence-electron chi connectivity index (χ2n) is 5.49. The Bertz CT molecular complexity index is 410. The van der Waals surface area contributed by atoms with Gasteiger partial charge in [0.2, 0.25) is 0 Å². The van der Waals surface area contributed by atoms with Crippen LogP contribution in [0.4, 0.5) is 0 Å². The van der Waals surface area contributed by atoms with Crippen molar-refractivity contribution in [1.82, 2.24) is 14.7 Å². The van der Waals surface area contributed by atoms with Crippen molar-refractivity contribution in [3.63, 3.8) is 0 Å². The van der Waals surface area contributed by atoms with Crippen molar-refractivity contribution in [2.24, 2.45) is 0 Å². The van der Waals surface area contributed by atoms with Crippen LogP contribution in [-0.2, 0) is 19.5 Å². The van der Waals surface area contributed by atoms with Crippen LogP contribution >= 0.6 is 11.6 Å². The van der Waals surface area contributed by atoms with Gasteiger partial charge in [0, 0.05) is 19.6 Å². The van der Waals surface area contributed by atoms with Gasteiger partial charge in [0.05, 0.1) is 22.0 Å². The van der Waals surface area contributed by atoms with Crippen LogP contribution in [0.25, 0.3) is 0 Å². The van der Waals surface area contributed by atoms with E-state index in [1.54, 1.807) is 0 Å². The maximum Gasteiger partial charge on any atom is 0.0863 e. The van der Waals surface area contributed by atoms with E-state index in [1.165, 1.54) is 0 Å². The minimum absolute atomic E-state index is 0.621. The van der Waals surface area contributed by atoms with Gasteiger partial charge in [-0.25, -0.2) is 0 Å². The van der Waals surface area contributed by atoms with E-state index < -0.39 is 5.60 Å². The summed E-state index contributed by atoms with van der Waals surface area (Å²) in [6, 6.07) is 0. The lowest BCUT2D eigenvalue weighted by Crippen LogP contribution is -2.38. The fourth-order valence-corrected chi connectivity index (χ4v) is 2.54. The molecule has 0 aromatic carbocycles. The van der Waals surface area contributed by atoms with Crippen LogP contribution in [0.1, 0.15) is 46.0 Å². The summed E-state index contributed by atoms with van der Waals surface area (Å²) >= 11 is 6.41. The van der Waals surface area contributed by atoms with E-state index in [2.05, 4.69) is 30.8 Å². The van der Waals surface area contributed by atoms with Crippen LogP contribution in [-0.4, -0.2) is 38.5 Å². The third kappa shape index (κ3) is 4.48. The van der Waals surface area contributed by atoms with E-state index in [-0.39, 0.29) is 0 Å². The molecule has 0 aliphatic carbocycles. The summed E-state index contributed by atoms with van der Waals surface area (Å²) in [5.41, 5.74) is 1.30. The Morgan fingerprint density at radius 3 is 2.37 bits per heavy atom. The molecule has 0 radical (unpaired) electrons. The standard InChI is InChI=1S/C14H26ClN3O/c1-6-11-13(15)12(18(8-3)16-11)9-17(7-2)10-14(4,5)19/h19H,6-10H2,1-5H3. The van der Waals surface area contributed by atoms with E-state index in [4.69, 9.17) is 11.6 Å². The van der Waals surface area contributed by atoms with Crippen LogP contribution in [0.15, 0.2) is 0 Å².